The van der Waals surface area contributed by atoms with Gasteiger partial charge in [-0.1, -0.05) is 109 Å². The van der Waals surface area contributed by atoms with Gasteiger partial charge in [-0.15, -0.1) is 0 Å². The second-order valence-electron chi connectivity index (χ2n) is 14.4. The number of aliphatic imine (C=N–C) groups is 1. The number of amidine groups is 1. The van der Waals surface area contributed by atoms with E-state index in [1.54, 1.807) is 18.3 Å². The van der Waals surface area contributed by atoms with Gasteiger partial charge in [0.05, 0.1) is 32.1 Å². The lowest BCUT2D eigenvalue weighted by Gasteiger charge is -2.25. The van der Waals surface area contributed by atoms with Gasteiger partial charge in [0.2, 0.25) is 0 Å². The summed E-state index contributed by atoms with van der Waals surface area (Å²) in [6, 6.07) is 11.5. The monoisotopic (exact) mass is 767 g/mol. The maximum absolute atomic E-state index is 10.7. The highest BCUT2D eigenvalue weighted by Crippen LogP contribution is 2.43. The van der Waals surface area contributed by atoms with Crippen LogP contribution in [0.4, 0.5) is 0 Å². The molecule has 0 amide bonds. The highest BCUT2D eigenvalue weighted by atomic mass is 31.2. The average Bonchev–Trinajstić information content (AvgIpc) is 3.83. The Bertz CT molecular complexity index is 1460. The molecular weight excluding hydrogens is 705 g/mol. The molecule has 4 N–H and O–H groups in total. The van der Waals surface area contributed by atoms with Crippen molar-refractivity contribution < 1.29 is 28.2 Å². The minimum absolute atomic E-state index is 0.0266. The van der Waals surface area contributed by atoms with Crippen molar-refractivity contribution in [1.29, 1.82) is 10.5 Å². The fourth-order valence-electron chi connectivity index (χ4n) is 6.78. The number of fused-ring (bicyclic) bond motifs is 1. The van der Waals surface area contributed by atoms with E-state index in [2.05, 4.69) is 28.4 Å². The molecule has 1 fully saturated rings. The number of rotatable bonds is 29. The fraction of sp³-hybridized carbons (Fsp3) is 0.700. The lowest BCUT2D eigenvalue weighted by atomic mass is 10.0. The molecule has 298 valence electrons. The summed E-state index contributed by atoms with van der Waals surface area (Å²) in [7, 11) is -2.32. The Labute approximate surface area is 323 Å². The Hall–Kier alpha value is -3.13. The van der Waals surface area contributed by atoms with Gasteiger partial charge >= 0.3 is 8.60 Å². The molecule has 0 bridgehead atoms. The number of nitriles is 2. The average molecular weight is 768 g/mol. The first kappa shape index (κ1) is 43.6. The second kappa shape index (κ2) is 25.1. The summed E-state index contributed by atoms with van der Waals surface area (Å²) in [4.78, 5) is 19.0. The van der Waals surface area contributed by atoms with E-state index in [0.717, 1.165) is 29.8 Å². The van der Waals surface area contributed by atoms with Crippen LogP contribution in [0.5, 0.6) is 0 Å². The lowest BCUT2D eigenvalue weighted by Crippen LogP contribution is -2.34. The third-order valence-corrected chi connectivity index (χ3v) is 10.7. The van der Waals surface area contributed by atoms with Crippen molar-refractivity contribution in [2.75, 3.05) is 38.5 Å². The predicted molar refractivity (Wildman–Crippen MR) is 210 cm³/mol. The number of hydrogen-bond donors (Lipinski definition) is 3. The highest BCUT2D eigenvalue weighted by Gasteiger charge is 2.43. The zero-order chi connectivity index (χ0) is 38.3. The molecule has 2 aliphatic rings. The van der Waals surface area contributed by atoms with Gasteiger partial charge < -0.3 is 39.3 Å². The number of aromatic nitrogens is 2. The second-order valence-corrected chi connectivity index (χ2v) is 15.4. The van der Waals surface area contributed by atoms with E-state index < -0.39 is 20.3 Å². The summed E-state index contributed by atoms with van der Waals surface area (Å²) in [6.45, 7) is 3.64. The predicted octanol–water partition coefficient (Wildman–Crippen LogP) is 8.20. The molecular formula is C40H62N7O6P. The number of nitrogens with one attached hydrogen (secondary N) is 1. The van der Waals surface area contributed by atoms with Gasteiger partial charge in [0, 0.05) is 12.8 Å². The molecule has 1 saturated heterocycles. The number of pyridine rings is 1. The third-order valence-electron chi connectivity index (χ3n) is 10.0. The minimum Gasteiger partial charge on any atom is -0.382 e. The Morgan fingerprint density at radius 2 is 1.65 bits per heavy atom. The molecule has 54 heavy (non-hydrogen) atoms. The van der Waals surface area contributed by atoms with Crippen molar-refractivity contribution in [3.05, 3.63) is 53.1 Å². The quantitative estimate of drug-likeness (QED) is 0.0536. The lowest BCUT2D eigenvalue weighted by molar-refractivity contribution is -0.0540. The molecule has 4 heterocycles. The van der Waals surface area contributed by atoms with E-state index >= 15 is 0 Å². The molecule has 0 aromatic carbocycles. The molecule has 4 rings (SSSR count). The topological polar surface area (TPSA) is 182 Å². The molecule has 4 unspecified atom stereocenters. The number of hydrogen-bond acceptors (Lipinski definition) is 12. The molecule has 2 aromatic rings. The molecule has 4 atom stereocenters. The van der Waals surface area contributed by atoms with Crippen molar-refractivity contribution in [2.45, 2.75) is 147 Å². The van der Waals surface area contributed by atoms with Crippen LogP contribution >= 0.6 is 8.60 Å². The van der Waals surface area contributed by atoms with Crippen LogP contribution in [-0.4, -0.2) is 65.2 Å². The van der Waals surface area contributed by atoms with Crippen LogP contribution in [0.2, 0.25) is 0 Å². The largest absolute Gasteiger partial charge is 0.382 e. The number of ether oxygens (including phenoxy) is 3. The highest BCUT2D eigenvalue weighted by molar-refractivity contribution is 7.40. The first-order valence-electron chi connectivity index (χ1n) is 20.1. The maximum atomic E-state index is 10.7. The molecule has 0 spiro atoms. The normalized spacial score (nSPS) is 19.0. The van der Waals surface area contributed by atoms with Crippen LogP contribution in [0, 0.1) is 22.7 Å². The smallest absolute Gasteiger partial charge is 0.330 e. The van der Waals surface area contributed by atoms with Crippen molar-refractivity contribution in [3.8, 4) is 12.1 Å². The third kappa shape index (κ3) is 15.2. The van der Waals surface area contributed by atoms with Crippen LogP contribution in [-0.2, 0) is 29.9 Å². The molecule has 13 nitrogen and oxygen atoms in total. The zero-order valence-corrected chi connectivity index (χ0v) is 33.2. The van der Waals surface area contributed by atoms with Gasteiger partial charge in [-0.25, -0.2) is 9.98 Å². The van der Waals surface area contributed by atoms with Crippen molar-refractivity contribution in [1.82, 2.24) is 9.66 Å². The fourth-order valence-corrected chi connectivity index (χ4v) is 7.47. The zero-order valence-electron chi connectivity index (χ0n) is 32.3. The Morgan fingerprint density at radius 1 is 0.963 bits per heavy atom. The van der Waals surface area contributed by atoms with Crippen LogP contribution in [0.1, 0.15) is 151 Å². The first-order valence-corrected chi connectivity index (χ1v) is 21.2. The maximum Gasteiger partial charge on any atom is 0.330 e. The summed E-state index contributed by atoms with van der Waals surface area (Å²) in [5, 5.41) is 19.1. The summed E-state index contributed by atoms with van der Waals surface area (Å²) in [6.07, 6.45) is 22.9. The number of nitrogens with two attached hydrogens (primary N) is 1. The number of unbranched alkanes of at least 4 members (excludes halogenated alkanes) is 15. The Morgan fingerprint density at radius 3 is 2.28 bits per heavy atom. The van der Waals surface area contributed by atoms with Crippen molar-refractivity contribution in [2.24, 2.45) is 10.7 Å². The molecule has 0 aliphatic carbocycles. The Balaban J connectivity index is 1.11. The van der Waals surface area contributed by atoms with E-state index in [1.165, 1.54) is 89.9 Å². The van der Waals surface area contributed by atoms with E-state index in [1.807, 2.05) is 22.9 Å². The van der Waals surface area contributed by atoms with Crippen LogP contribution in [0.25, 0.3) is 0 Å². The summed E-state index contributed by atoms with van der Waals surface area (Å²) >= 11 is 0. The molecule has 2 aromatic heterocycles. The van der Waals surface area contributed by atoms with Crippen LogP contribution in [0.3, 0.4) is 0 Å². The van der Waals surface area contributed by atoms with Gasteiger partial charge in [0.1, 0.15) is 48.2 Å². The van der Waals surface area contributed by atoms with E-state index in [9.17, 15) is 10.2 Å². The van der Waals surface area contributed by atoms with E-state index in [4.69, 9.17) is 34.3 Å². The van der Waals surface area contributed by atoms with Crippen LogP contribution < -0.4 is 11.2 Å². The summed E-state index contributed by atoms with van der Waals surface area (Å²) in [5.74, 6) is 0.442. The van der Waals surface area contributed by atoms with Crippen molar-refractivity contribution >= 4 is 14.4 Å². The standard InChI is InChI=1S/C40H62N7O6P/c1-2-3-4-5-6-7-8-9-10-11-12-13-14-15-16-17-24-49-28-35(50-27-33-18-19-34(25-41)44-26-33)29-51-54(48)52-31-40(30-42)23-22-38(53-40)36-20-21-37-39(43)45-32-46-47(36)37/h18-21,26,35,38,46,48H,2-17,22-24,27-29,31-32H2,1H3,(H2,43,45). The summed E-state index contributed by atoms with van der Waals surface area (Å²) < 4.78 is 31.4. The number of nitrogens with zero attached hydrogens (tertiary/aromatic N) is 5. The molecule has 0 saturated carbocycles. The SMILES string of the molecule is CCCCCCCCCCCCCCCCCCOCC(COP(O)OCC1(C#N)CCC(c2ccc3n2NCN=C3N)O1)OCc1ccc(C#N)nc1. The molecule has 2 aliphatic heterocycles. The van der Waals surface area contributed by atoms with Gasteiger partial charge in [-0.3, -0.25) is 4.68 Å². The van der Waals surface area contributed by atoms with Gasteiger partial charge in [-0.2, -0.15) is 10.5 Å². The molecule has 0 radical (unpaired) electrons. The minimum atomic E-state index is -2.32. The van der Waals surface area contributed by atoms with E-state index in [0.29, 0.717) is 37.6 Å². The van der Waals surface area contributed by atoms with Crippen LogP contribution in [0.15, 0.2) is 35.5 Å². The van der Waals surface area contributed by atoms with Gasteiger partial charge in [0.25, 0.3) is 0 Å². The molecule has 14 heteroatoms. The van der Waals surface area contributed by atoms with Gasteiger partial charge in [0.15, 0.2) is 5.60 Å². The first-order chi connectivity index (χ1) is 26.5. The van der Waals surface area contributed by atoms with Gasteiger partial charge in [-0.05, 0) is 43.0 Å². The van der Waals surface area contributed by atoms with E-state index in [-0.39, 0.29) is 32.5 Å². The summed E-state index contributed by atoms with van der Waals surface area (Å²) in [5.41, 5.74) is 10.7. The Kier molecular flexibility index (Phi) is 20.3. The van der Waals surface area contributed by atoms with Crippen molar-refractivity contribution in [3.63, 3.8) is 0 Å².